The monoisotopic (exact) mass is 466 g/mol. The largest absolute Gasteiger partial charge is 0.492 e. The summed E-state index contributed by atoms with van der Waals surface area (Å²) < 4.78 is 6.90. The van der Waals surface area contributed by atoms with Gasteiger partial charge in [0.15, 0.2) is 5.13 Å². The fraction of sp³-hybridized carbons (Fsp3) is 0.462. The molecular formula is C26H34N4O2S. The molecule has 7 heteroatoms. The van der Waals surface area contributed by atoms with E-state index in [4.69, 9.17) is 9.72 Å². The molecule has 1 aromatic heterocycles. The maximum absolute atomic E-state index is 12.5. The summed E-state index contributed by atoms with van der Waals surface area (Å²) >= 11 is 1.73. The minimum absolute atomic E-state index is 0.00586. The number of ether oxygens (including phenoxy) is 1. The van der Waals surface area contributed by atoms with Crippen molar-refractivity contribution < 1.29 is 9.53 Å². The summed E-state index contributed by atoms with van der Waals surface area (Å²) in [6.45, 7) is 14.5. The highest BCUT2D eigenvalue weighted by Crippen LogP contribution is 2.34. The predicted octanol–water partition coefficient (Wildman–Crippen LogP) is 4.54. The van der Waals surface area contributed by atoms with Crippen LogP contribution in [0.5, 0.6) is 5.75 Å². The topological polar surface area (TPSA) is 57.7 Å². The molecular weight excluding hydrogens is 432 g/mol. The second kappa shape index (κ2) is 10.1. The van der Waals surface area contributed by atoms with Crippen molar-refractivity contribution in [3.63, 3.8) is 0 Å². The lowest BCUT2D eigenvalue weighted by Crippen LogP contribution is -2.48. The van der Waals surface area contributed by atoms with Crippen molar-refractivity contribution in [1.82, 2.24) is 15.2 Å². The minimum atomic E-state index is -0.00586. The molecule has 1 aliphatic heterocycles. The van der Waals surface area contributed by atoms with Crippen LogP contribution in [0.1, 0.15) is 43.6 Å². The zero-order valence-electron chi connectivity index (χ0n) is 20.1. The van der Waals surface area contributed by atoms with Gasteiger partial charge >= 0.3 is 0 Å². The van der Waals surface area contributed by atoms with Gasteiger partial charge in [-0.3, -0.25) is 9.69 Å². The van der Waals surface area contributed by atoms with Gasteiger partial charge in [0.2, 0.25) is 0 Å². The van der Waals surface area contributed by atoms with Crippen LogP contribution in [0.2, 0.25) is 0 Å². The number of amides is 1. The molecule has 1 aliphatic rings. The number of hydrogen-bond donors (Lipinski definition) is 1. The van der Waals surface area contributed by atoms with E-state index >= 15 is 0 Å². The van der Waals surface area contributed by atoms with Crippen LogP contribution >= 0.6 is 11.3 Å². The number of piperazine rings is 1. The Hall–Kier alpha value is -2.64. The number of carbonyl (C=O) groups excluding carboxylic acids is 1. The lowest BCUT2D eigenvalue weighted by atomic mass is 9.87. The highest BCUT2D eigenvalue weighted by atomic mass is 32.1. The molecule has 2 aromatic carbocycles. The molecule has 176 valence electrons. The van der Waals surface area contributed by atoms with E-state index in [2.05, 4.69) is 42.0 Å². The first-order chi connectivity index (χ1) is 15.8. The second-order valence-electron chi connectivity index (χ2n) is 9.44. The number of carbonyl (C=O) groups is 1. The van der Waals surface area contributed by atoms with Crippen LogP contribution in [0.3, 0.4) is 0 Å². The summed E-state index contributed by atoms with van der Waals surface area (Å²) in [5.41, 5.74) is 3.00. The molecule has 1 fully saturated rings. The average Bonchev–Trinajstić information content (AvgIpc) is 3.25. The second-order valence-corrected chi connectivity index (χ2v) is 10.5. The number of aromatic nitrogens is 1. The van der Waals surface area contributed by atoms with Gasteiger partial charge in [-0.25, -0.2) is 4.98 Å². The number of rotatable bonds is 7. The Morgan fingerprint density at radius 1 is 1.09 bits per heavy atom. The van der Waals surface area contributed by atoms with Gasteiger partial charge in [-0.05, 0) is 42.2 Å². The van der Waals surface area contributed by atoms with Crippen LogP contribution in [0.25, 0.3) is 10.2 Å². The molecule has 0 saturated carbocycles. The van der Waals surface area contributed by atoms with Crippen LogP contribution in [0, 0.1) is 0 Å². The SMILES string of the molecule is CCOc1cccc2sc(N3CCN(CCNC(=O)c4ccc(C(C)(C)C)cc4)CC3)nc12. The first-order valence-corrected chi connectivity index (χ1v) is 12.5. The van der Waals surface area contributed by atoms with Gasteiger partial charge in [-0.1, -0.05) is 50.3 Å². The van der Waals surface area contributed by atoms with E-state index < -0.39 is 0 Å². The molecule has 1 saturated heterocycles. The van der Waals surface area contributed by atoms with Crippen LogP contribution < -0.4 is 15.0 Å². The lowest BCUT2D eigenvalue weighted by Gasteiger charge is -2.34. The third-order valence-electron chi connectivity index (χ3n) is 6.04. The number of para-hydroxylation sites is 1. The maximum atomic E-state index is 12.5. The third-order valence-corrected chi connectivity index (χ3v) is 7.12. The number of benzene rings is 2. The Kier molecular flexibility index (Phi) is 7.20. The summed E-state index contributed by atoms with van der Waals surface area (Å²) in [4.78, 5) is 22.1. The fourth-order valence-corrected chi connectivity index (χ4v) is 5.07. The highest BCUT2D eigenvalue weighted by molar-refractivity contribution is 7.22. The molecule has 0 bridgehead atoms. The van der Waals surface area contributed by atoms with Gasteiger partial charge < -0.3 is 15.0 Å². The van der Waals surface area contributed by atoms with E-state index in [1.165, 1.54) is 5.56 Å². The summed E-state index contributed by atoms with van der Waals surface area (Å²) in [5, 5.41) is 4.12. The molecule has 0 aliphatic carbocycles. The number of nitrogens with one attached hydrogen (secondary N) is 1. The zero-order chi connectivity index (χ0) is 23.4. The van der Waals surface area contributed by atoms with Crippen molar-refractivity contribution in [3.05, 3.63) is 53.6 Å². The van der Waals surface area contributed by atoms with Crippen molar-refractivity contribution in [1.29, 1.82) is 0 Å². The smallest absolute Gasteiger partial charge is 0.251 e. The predicted molar refractivity (Wildman–Crippen MR) is 137 cm³/mol. The number of hydrogen-bond acceptors (Lipinski definition) is 6. The summed E-state index contributed by atoms with van der Waals surface area (Å²) in [6.07, 6.45) is 0. The molecule has 4 rings (SSSR count). The van der Waals surface area contributed by atoms with Gasteiger partial charge in [0.25, 0.3) is 5.91 Å². The van der Waals surface area contributed by atoms with Crippen LogP contribution in [-0.4, -0.2) is 61.7 Å². The highest BCUT2D eigenvalue weighted by Gasteiger charge is 2.21. The average molecular weight is 467 g/mol. The number of thiazole rings is 1. The van der Waals surface area contributed by atoms with Crippen LogP contribution in [-0.2, 0) is 5.41 Å². The fourth-order valence-electron chi connectivity index (χ4n) is 4.03. The van der Waals surface area contributed by atoms with Gasteiger partial charge in [0.1, 0.15) is 11.3 Å². The molecule has 0 unspecified atom stereocenters. The van der Waals surface area contributed by atoms with E-state index in [1.807, 2.05) is 43.3 Å². The number of anilines is 1. The van der Waals surface area contributed by atoms with Crippen LogP contribution in [0.4, 0.5) is 5.13 Å². The van der Waals surface area contributed by atoms with Gasteiger partial charge in [-0.2, -0.15) is 0 Å². The van der Waals surface area contributed by atoms with Gasteiger partial charge in [-0.15, -0.1) is 0 Å². The van der Waals surface area contributed by atoms with Crippen molar-refractivity contribution >= 4 is 32.6 Å². The van der Waals surface area contributed by atoms with E-state index in [0.29, 0.717) is 13.2 Å². The van der Waals surface area contributed by atoms with Crippen molar-refractivity contribution in [2.75, 3.05) is 50.8 Å². The van der Waals surface area contributed by atoms with E-state index in [0.717, 1.165) is 59.4 Å². The van der Waals surface area contributed by atoms with E-state index in [9.17, 15) is 4.79 Å². The molecule has 33 heavy (non-hydrogen) atoms. The van der Waals surface area contributed by atoms with Gasteiger partial charge in [0.05, 0.1) is 11.3 Å². The zero-order valence-corrected chi connectivity index (χ0v) is 20.9. The molecule has 2 heterocycles. The summed E-state index contributed by atoms with van der Waals surface area (Å²) in [6, 6.07) is 14.1. The Morgan fingerprint density at radius 2 is 1.82 bits per heavy atom. The van der Waals surface area contributed by atoms with E-state index in [-0.39, 0.29) is 11.3 Å². The first-order valence-electron chi connectivity index (χ1n) is 11.7. The number of nitrogens with zero attached hydrogens (tertiary/aromatic N) is 3. The molecule has 0 radical (unpaired) electrons. The van der Waals surface area contributed by atoms with Crippen molar-refractivity contribution in [2.24, 2.45) is 0 Å². The third kappa shape index (κ3) is 5.65. The van der Waals surface area contributed by atoms with Gasteiger partial charge in [0, 0.05) is 44.8 Å². The number of fused-ring (bicyclic) bond motifs is 1. The summed E-state index contributed by atoms with van der Waals surface area (Å²) in [5.74, 6) is 0.855. The normalized spacial score (nSPS) is 15.1. The van der Waals surface area contributed by atoms with Crippen LogP contribution in [0.15, 0.2) is 42.5 Å². The molecule has 3 aromatic rings. The molecule has 6 nitrogen and oxygen atoms in total. The molecule has 0 atom stereocenters. The Bertz CT molecular complexity index is 1080. The Morgan fingerprint density at radius 3 is 2.48 bits per heavy atom. The Balaban J connectivity index is 1.25. The van der Waals surface area contributed by atoms with E-state index in [1.54, 1.807) is 11.3 Å². The Labute approximate surface area is 200 Å². The standard InChI is InChI=1S/C26H34N4O2S/c1-5-32-21-7-6-8-22-23(21)28-25(33-22)30-17-15-29(16-18-30)14-13-27-24(31)19-9-11-20(12-10-19)26(2,3)4/h6-12H,5,13-18H2,1-4H3,(H,27,31). The van der Waals surface area contributed by atoms with Crippen molar-refractivity contribution in [3.8, 4) is 5.75 Å². The van der Waals surface area contributed by atoms with Crippen molar-refractivity contribution in [2.45, 2.75) is 33.1 Å². The molecule has 1 amide bonds. The molecule has 1 N–H and O–H groups in total. The first kappa shape index (κ1) is 23.5. The molecule has 0 spiro atoms. The maximum Gasteiger partial charge on any atom is 0.251 e. The minimum Gasteiger partial charge on any atom is -0.492 e. The quantitative estimate of drug-likeness (QED) is 0.554. The summed E-state index contributed by atoms with van der Waals surface area (Å²) in [7, 11) is 0. The lowest BCUT2D eigenvalue weighted by molar-refractivity contribution is 0.0947.